The summed E-state index contributed by atoms with van der Waals surface area (Å²) < 4.78 is 15.2. The molecular formula is C16H16ClFN4O. The number of hydrogen-bond donors (Lipinski definition) is 1. The Morgan fingerprint density at radius 3 is 2.87 bits per heavy atom. The number of rotatable bonds is 2. The van der Waals surface area contributed by atoms with Gasteiger partial charge < -0.3 is 14.6 Å². The molecule has 1 aliphatic rings. The van der Waals surface area contributed by atoms with Gasteiger partial charge in [0.2, 0.25) is 5.95 Å². The summed E-state index contributed by atoms with van der Waals surface area (Å²) in [6, 6.07) is 6.20. The van der Waals surface area contributed by atoms with E-state index in [2.05, 4.69) is 4.98 Å². The van der Waals surface area contributed by atoms with Gasteiger partial charge >= 0.3 is 0 Å². The van der Waals surface area contributed by atoms with E-state index in [1.165, 1.54) is 6.07 Å². The molecule has 1 aromatic carbocycles. The number of halogens is 2. The van der Waals surface area contributed by atoms with Crippen LogP contribution in [0, 0.1) is 17.1 Å². The van der Waals surface area contributed by atoms with E-state index < -0.39 is 5.82 Å². The summed E-state index contributed by atoms with van der Waals surface area (Å²) in [6.45, 7) is 1.43. The molecule has 1 saturated heterocycles. The molecule has 1 aliphatic heterocycles. The van der Waals surface area contributed by atoms with E-state index in [9.17, 15) is 9.50 Å². The van der Waals surface area contributed by atoms with E-state index in [1.807, 2.05) is 11.0 Å². The number of hydrogen-bond acceptors (Lipinski definition) is 4. The number of nitriles is 1. The first-order valence-corrected chi connectivity index (χ1v) is 7.74. The van der Waals surface area contributed by atoms with Crippen LogP contribution in [0.4, 0.5) is 10.3 Å². The fourth-order valence-corrected chi connectivity index (χ4v) is 3.37. The average Bonchev–Trinajstić information content (AvgIpc) is 2.80. The van der Waals surface area contributed by atoms with Gasteiger partial charge in [0.05, 0.1) is 0 Å². The van der Waals surface area contributed by atoms with Crippen molar-refractivity contribution in [1.29, 1.82) is 5.26 Å². The zero-order valence-electron chi connectivity index (χ0n) is 12.6. The molecule has 1 aromatic heterocycles. The molecule has 7 heteroatoms. The van der Waals surface area contributed by atoms with Crippen molar-refractivity contribution in [3.63, 3.8) is 0 Å². The molecule has 2 aromatic rings. The smallest absolute Gasteiger partial charge is 0.207 e. The third kappa shape index (κ3) is 2.97. The highest BCUT2D eigenvalue weighted by atomic mass is 35.5. The van der Waals surface area contributed by atoms with Crippen LogP contribution in [-0.4, -0.2) is 27.7 Å². The summed E-state index contributed by atoms with van der Waals surface area (Å²) in [7, 11) is 1.75. The van der Waals surface area contributed by atoms with Gasteiger partial charge in [0.1, 0.15) is 17.6 Å². The number of phenolic OH excluding ortho intramolecular Hbond substituents is 1. The highest BCUT2D eigenvalue weighted by molar-refractivity contribution is 6.30. The van der Waals surface area contributed by atoms with Crippen LogP contribution in [-0.2, 0) is 7.05 Å². The molecule has 5 nitrogen and oxygen atoms in total. The Labute approximate surface area is 138 Å². The second-order valence-electron chi connectivity index (χ2n) is 5.75. The summed E-state index contributed by atoms with van der Waals surface area (Å²) in [4.78, 5) is 6.32. The fourth-order valence-electron chi connectivity index (χ4n) is 3.12. The molecule has 1 atom stereocenters. The zero-order valence-corrected chi connectivity index (χ0v) is 13.4. The van der Waals surface area contributed by atoms with Crippen molar-refractivity contribution in [2.24, 2.45) is 7.05 Å². The second-order valence-corrected chi connectivity index (χ2v) is 6.11. The predicted molar refractivity (Wildman–Crippen MR) is 85.2 cm³/mol. The van der Waals surface area contributed by atoms with Crippen LogP contribution in [0.5, 0.6) is 5.75 Å². The Morgan fingerprint density at radius 2 is 2.22 bits per heavy atom. The van der Waals surface area contributed by atoms with Gasteiger partial charge in [-0.3, -0.25) is 0 Å². The number of benzene rings is 1. The number of nitrogens with zero attached hydrogens (tertiary/aromatic N) is 4. The fraction of sp³-hybridized carbons (Fsp3) is 0.375. The van der Waals surface area contributed by atoms with E-state index in [4.69, 9.17) is 16.9 Å². The van der Waals surface area contributed by atoms with E-state index in [-0.39, 0.29) is 16.8 Å². The molecule has 3 rings (SSSR count). The molecule has 2 heterocycles. The Hall–Kier alpha value is -2.26. The minimum Gasteiger partial charge on any atom is -0.508 e. The molecule has 23 heavy (non-hydrogen) atoms. The second kappa shape index (κ2) is 6.09. The maximum Gasteiger partial charge on any atom is 0.207 e. The highest BCUT2D eigenvalue weighted by Gasteiger charge is 2.26. The first-order valence-electron chi connectivity index (χ1n) is 7.36. The topological polar surface area (TPSA) is 65.1 Å². The maximum absolute atomic E-state index is 13.5. The molecule has 0 radical (unpaired) electrons. The summed E-state index contributed by atoms with van der Waals surface area (Å²) in [5.74, 6) is 0.219. The molecule has 1 N–H and O–H groups in total. The summed E-state index contributed by atoms with van der Waals surface area (Å²) in [6.07, 6.45) is 1.82. The van der Waals surface area contributed by atoms with Crippen LogP contribution < -0.4 is 4.90 Å². The standard InChI is InChI=1S/C16H16ClFN4O/c1-21-14(8-19)15(17)20-16(21)22-4-2-3-10(9-22)11-5-12(18)7-13(23)6-11/h5-7,10,23H,2-4,9H2,1H3. The summed E-state index contributed by atoms with van der Waals surface area (Å²) >= 11 is 6.00. The number of aromatic nitrogens is 2. The summed E-state index contributed by atoms with van der Waals surface area (Å²) in [5, 5.41) is 18.9. The predicted octanol–water partition coefficient (Wildman–Crippen LogP) is 3.17. The third-order valence-electron chi connectivity index (χ3n) is 4.22. The quantitative estimate of drug-likeness (QED) is 0.916. The van der Waals surface area contributed by atoms with Crippen molar-refractivity contribution in [2.45, 2.75) is 18.8 Å². The molecule has 0 bridgehead atoms. The normalized spacial score (nSPS) is 18.0. The van der Waals surface area contributed by atoms with Gasteiger partial charge in [0.25, 0.3) is 0 Å². The van der Waals surface area contributed by atoms with Crippen molar-refractivity contribution >= 4 is 17.5 Å². The van der Waals surface area contributed by atoms with Crippen LogP contribution in [0.25, 0.3) is 0 Å². The summed E-state index contributed by atoms with van der Waals surface area (Å²) in [5.41, 5.74) is 1.10. The van der Waals surface area contributed by atoms with Crippen molar-refractivity contribution in [3.8, 4) is 11.8 Å². The lowest BCUT2D eigenvalue weighted by molar-refractivity contribution is 0.460. The SMILES string of the molecule is Cn1c(N2CCCC(c3cc(O)cc(F)c3)C2)nc(Cl)c1C#N. The van der Waals surface area contributed by atoms with Crippen LogP contribution in [0.2, 0.25) is 5.15 Å². The largest absolute Gasteiger partial charge is 0.508 e. The lowest BCUT2D eigenvalue weighted by Crippen LogP contribution is -2.36. The molecule has 0 aliphatic carbocycles. The van der Waals surface area contributed by atoms with E-state index in [0.717, 1.165) is 31.0 Å². The molecule has 0 amide bonds. The molecule has 120 valence electrons. The molecular weight excluding hydrogens is 319 g/mol. The first-order chi connectivity index (χ1) is 11.0. The van der Waals surface area contributed by atoms with Crippen LogP contribution in [0.3, 0.4) is 0 Å². The van der Waals surface area contributed by atoms with E-state index in [0.29, 0.717) is 18.2 Å². The van der Waals surface area contributed by atoms with Gasteiger partial charge in [-0.25, -0.2) is 4.39 Å². The lowest BCUT2D eigenvalue weighted by Gasteiger charge is -2.33. The monoisotopic (exact) mass is 334 g/mol. The van der Waals surface area contributed by atoms with E-state index in [1.54, 1.807) is 17.7 Å². The molecule has 0 spiro atoms. The Kier molecular flexibility index (Phi) is 4.14. The van der Waals surface area contributed by atoms with Crippen molar-refractivity contribution in [2.75, 3.05) is 18.0 Å². The Balaban J connectivity index is 1.88. The number of piperidine rings is 1. The third-order valence-corrected chi connectivity index (χ3v) is 4.48. The number of phenols is 1. The van der Waals surface area contributed by atoms with Crippen LogP contribution >= 0.6 is 11.6 Å². The van der Waals surface area contributed by atoms with Gasteiger partial charge in [-0.2, -0.15) is 10.2 Å². The molecule has 1 unspecified atom stereocenters. The molecule has 1 fully saturated rings. The van der Waals surface area contributed by atoms with Crippen LogP contribution in [0.1, 0.15) is 30.0 Å². The Morgan fingerprint density at radius 1 is 1.43 bits per heavy atom. The van der Waals surface area contributed by atoms with Gasteiger partial charge in [-0.15, -0.1) is 0 Å². The number of anilines is 1. The van der Waals surface area contributed by atoms with E-state index >= 15 is 0 Å². The Bertz CT molecular complexity index is 763. The number of aromatic hydroxyl groups is 1. The lowest BCUT2D eigenvalue weighted by atomic mass is 9.90. The average molecular weight is 335 g/mol. The first kappa shape index (κ1) is 15.6. The molecule has 0 saturated carbocycles. The van der Waals surface area contributed by atoms with Gasteiger partial charge in [-0.1, -0.05) is 11.6 Å². The minimum absolute atomic E-state index is 0.0658. The maximum atomic E-state index is 13.5. The van der Waals surface area contributed by atoms with Gasteiger partial charge in [0, 0.05) is 32.1 Å². The minimum atomic E-state index is -0.441. The van der Waals surface area contributed by atoms with Crippen LogP contribution in [0.15, 0.2) is 18.2 Å². The van der Waals surface area contributed by atoms with Crippen molar-refractivity contribution in [3.05, 3.63) is 40.4 Å². The highest BCUT2D eigenvalue weighted by Crippen LogP contribution is 2.32. The van der Waals surface area contributed by atoms with Gasteiger partial charge in [0.15, 0.2) is 10.8 Å². The van der Waals surface area contributed by atoms with Gasteiger partial charge in [-0.05, 0) is 30.5 Å². The number of imidazole rings is 1. The van der Waals surface area contributed by atoms with Crippen molar-refractivity contribution < 1.29 is 9.50 Å². The zero-order chi connectivity index (χ0) is 16.6. The van der Waals surface area contributed by atoms with Crippen molar-refractivity contribution in [1.82, 2.24) is 9.55 Å².